The molecular weight excluding hydrogens is 580 g/mol. The van der Waals surface area contributed by atoms with Crippen molar-refractivity contribution in [3.05, 3.63) is 66.1 Å². The van der Waals surface area contributed by atoms with Gasteiger partial charge in [0.25, 0.3) is 0 Å². The number of piperidine rings is 1. The molecule has 2 aromatic carbocycles. The van der Waals surface area contributed by atoms with E-state index in [-0.39, 0.29) is 30.3 Å². The van der Waals surface area contributed by atoms with E-state index in [0.29, 0.717) is 56.8 Å². The Morgan fingerprint density at radius 3 is 2.39 bits per heavy atom. The van der Waals surface area contributed by atoms with Crippen LogP contribution in [0.15, 0.2) is 54.9 Å². The molecule has 0 spiro atoms. The second-order valence-corrected chi connectivity index (χ2v) is 13.6. The Kier molecular flexibility index (Phi) is 8.88. The molecule has 5 aliphatic rings. The lowest BCUT2D eigenvalue weighted by Gasteiger charge is -2.42. The smallest absolute Gasteiger partial charge is 0.322 e. The zero-order valence-corrected chi connectivity index (χ0v) is 26.7. The first kappa shape index (κ1) is 30.6. The van der Waals surface area contributed by atoms with Gasteiger partial charge in [0, 0.05) is 70.0 Å². The molecule has 0 radical (unpaired) electrons. The average Bonchev–Trinajstić information content (AvgIpc) is 3.47. The van der Waals surface area contributed by atoms with Gasteiger partial charge in [-0.15, -0.1) is 0 Å². The van der Waals surface area contributed by atoms with Crippen LogP contribution >= 0.6 is 0 Å². The highest BCUT2D eigenvalue weighted by Crippen LogP contribution is 2.35. The highest BCUT2D eigenvalue weighted by atomic mass is 16.5. The van der Waals surface area contributed by atoms with E-state index >= 15 is 0 Å². The SMILES string of the molecule is C=C1Nc2ccc(CC(CC(=O)N3CCC(N4Cc5ccccc5NC4=O)CC3)C(=O)N3CCN(C4CCCCC4)CC3)cc2O1. The lowest BCUT2D eigenvalue weighted by molar-refractivity contribution is -0.143. The van der Waals surface area contributed by atoms with Crippen LogP contribution in [0.5, 0.6) is 5.75 Å². The number of ether oxygens (including phenoxy) is 1. The second-order valence-electron chi connectivity index (χ2n) is 13.6. The molecule has 7 rings (SSSR count). The predicted molar refractivity (Wildman–Crippen MR) is 177 cm³/mol. The van der Waals surface area contributed by atoms with Crippen LogP contribution < -0.4 is 15.4 Å². The van der Waals surface area contributed by atoms with Crippen molar-refractivity contribution in [3.63, 3.8) is 0 Å². The van der Waals surface area contributed by atoms with Gasteiger partial charge in [-0.3, -0.25) is 14.5 Å². The molecule has 10 nitrogen and oxygen atoms in total. The summed E-state index contributed by atoms with van der Waals surface area (Å²) in [6, 6.07) is 14.5. The Bertz CT molecular complexity index is 1470. The number of anilines is 2. The standard InChI is InChI=1S/C36H46N6O4/c1-25-37-32-12-11-26(22-33(32)46-25)21-28(35(44)41-19-17-39(18-20-41)29-8-3-2-4-9-29)23-34(43)40-15-13-30(14-16-40)42-24-27-7-5-6-10-31(27)38-36(42)45/h5-7,10-12,22,28-30,37H,1-4,8-9,13-21,23-24H2,(H,38,45). The number of nitrogens with one attached hydrogen (secondary N) is 2. The van der Waals surface area contributed by atoms with Crippen LogP contribution in [0, 0.1) is 5.92 Å². The summed E-state index contributed by atoms with van der Waals surface area (Å²) < 4.78 is 5.72. The zero-order chi connectivity index (χ0) is 31.6. The van der Waals surface area contributed by atoms with E-state index in [1.807, 2.05) is 57.2 Å². The molecule has 4 heterocycles. The van der Waals surface area contributed by atoms with Gasteiger partial charge in [-0.2, -0.15) is 0 Å². The maximum atomic E-state index is 14.1. The number of nitrogens with zero attached hydrogens (tertiary/aromatic N) is 4. The largest absolute Gasteiger partial charge is 0.440 e. The van der Waals surface area contributed by atoms with Gasteiger partial charge in [0.15, 0.2) is 11.6 Å². The summed E-state index contributed by atoms with van der Waals surface area (Å²) in [5.74, 6) is 0.817. The second kappa shape index (κ2) is 13.4. The van der Waals surface area contributed by atoms with Gasteiger partial charge in [0.1, 0.15) is 0 Å². The first-order valence-electron chi connectivity index (χ1n) is 17.1. The maximum Gasteiger partial charge on any atom is 0.322 e. The molecule has 4 aliphatic heterocycles. The Hall–Kier alpha value is -4.05. The number of urea groups is 1. The summed E-state index contributed by atoms with van der Waals surface area (Å²) in [6.45, 7) is 8.83. The van der Waals surface area contributed by atoms with Gasteiger partial charge >= 0.3 is 6.03 Å². The van der Waals surface area contributed by atoms with Crippen molar-refractivity contribution >= 4 is 29.2 Å². The number of carbonyl (C=O) groups is 3. The third-order valence-electron chi connectivity index (χ3n) is 10.6. The Morgan fingerprint density at radius 1 is 0.848 bits per heavy atom. The first-order valence-corrected chi connectivity index (χ1v) is 17.1. The highest BCUT2D eigenvalue weighted by molar-refractivity contribution is 5.92. The van der Waals surface area contributed by atoms with E-state index in [4.69, 9.17) is 4.74 Å². The van der Waals surface area contributed by atoms with Crippen molar-refractivity contribution in [2.24, 2.45) is 5.92 Å². The number of carbonyl (C=O) groups excluding carboxylic acids is 3. The number of piperazine rings is 1. The van der Waals surface area contributed by atoms with Crippen LogP contribution in [0.2, 0.25) is 0 Å². The Labute approximate surface area is 271 Å². The third kappa shape index (κ3) is 6.58. The fourth-order valence-electron chi connectivity index (χ4n) is 8.02. The monoisotopic (exact) mass is 626 g/mol. The molecule has 1 atom stereocenters. The molecule has 10 heteroatoms. The van der Waals surface area contributed by atoms with E-state index in [1.54, 1.807) is 0 Å². The molecule has 2 aromatic rings. The lowest BCUT2D eigenvalue weighted by atomic mass is 9.92. The highest BCUT2D eigenvalue weighted by Gasteiger charge is 2.36. The number of benzene rings is 2. The fraction of sp³-hybridized carbons (Fsp3) is 0.528. The summed E-state index contributed by atoms with van der Waals surface area (Å²) >= 11 is 0. The number of likely N-dealkylation sites (tertiary alicyclic amines) is 1. The number of rotatable bonds is 7. The lowest BCUT2D eigenvalue weighted by Crippen LogP contribution is -2.54. The molecule has 46 heavy (non-hydrogen) atoms. The summed E-state index contributed by atoms with van der Waals surface area (Å²) in [7, 11) is 0. The van der Waals surface area contributed by atoms with Gasteiger partial charge in [-0.1, -0.05) is 43.5 Å². The first-order chi connectivity index (χ1) is 22.4. The Morgan fingerprint density at radius 2 is 1.61 bits per heavy atom. The molecule has 2 saturated heterocycles. The predicted octanol–water partition coefficient (Wildman–Crippen LogP) is 5.03. The molecule has 0 bridgehead atoms. The van der Waals surface area contributed by atoms with E-state index in [1.165, 1.54) is 32.1 Å². The van der Waals surface area contributed by atoms with Crippen molar-refractivity contribution in [1.29, 1.82) is 0 Å². The van der Waals surface area contributed by atoms with E-state index < -0.39 is 5.92 Å². The molecule has 4 amide bonds. The van der Waals surface area contributed by atoms with E-state index in [2.05, 4.69) is 22.1 Å². The molecular formula is C36H46N6O4. The quantitative estimate of drug-likeness (QED) is 0.448. The summed E-state index contributed by atoms with van der Waals surface area (Å²) in [5, 5.41) is 6.12. The van der Waals surface area contributed by atoms with Crippen LogP contribution in [0.4, 0.5) is 16.2 Å². The van der Waals surface area contributed by atoms with Crippen molar-refractivity contribution in [2.75, 3.05) is 49.9 Å². The van der Waals surface area contributed by atoms with Crippen molar-refractivity contribution < 1.29 is 19.1 Å². The topological polar surface area (TPSA) is 97.5 Å². The zero-order valence-electron chi connectivity index (χ0n) is 26.7. The molecule has 1 unspecified atom stereocenters. The minimum atomic E-state index is -0.452. The van der Waals surface area contributed by atoms with E-state index in [9.17, 15) is 14.4 Å². The van der Waals surface area contributed by atoms with Crippen LogP contribution in [-0.4, -0.2) is 88.8 Å². The van der Waals surface area contributed by atoms with Crippen LogP contribution in [0.1, 0.15) is 62.5 Å². The van der Waals surface area contributed by atoms with Crippen LogP contribution in [-0.2, 0) is 22.6 Å². The van der Waals surface area contributed by atoms with Crippen molar-refractivity contribution in [3.8, 4) is 5.75 Å². The number of para-hydroxylation sites is 1. The van der Waals surface area contributed by atoms with Gasteiger partial charge in [0.05, 0.1) is 11.6 Å². The average molecular weight is 627 g/mol. The minimum Gasteiger partial charge on any atom is -0.440 e. The van der Waals surface area contributed by atoms with Crippen LogP contribution in [0.25, 0.3) is 0 Å². The summed E-state index contributed by atoms with van der Waals surface area (Å²) in [6.07, 6.45) is 8.56. The molecule has 0 aromatic heterocycles. The van der Waals surface area contributed by atoms with Crippen molar-refractivity contribution in [2.45, 2.75) is 76.4 Å². The fourth-order valence-corrected chi connectivity index (χ4v) is 8.02. The van der Waals surface area contributed by atoms with E-state index in [0.717, 1.165) is 48.4 Å². The maximum absolute atomic E-state index is 14.1. The molecule has 1 saturated carbocycles. The van der Waals surface area contributed by atoms with Gasteiger partial charge in [-0.25, -0.2) is 4.79 Å². The molecule has 3 fully saturated rings. The number of hydrogen-bond acceptors (Lipinski definition) is 6. The summed E-state index contributed by atoms with van der Waals surface area (Å²) in [5.41, 5.74) is 3.81. The third-order valence-corrected chi connectivity index (χ3v) is 10.6. The normalized spacial score (nSPS) is 21.6. The van der Waals surface area contributed by atoms with Gasteiger partial charge in [-0.05, 0) is 68.0 Å². The number of amides is 4. The molecule has 244 valence electrons. The van der Waals surface area contributed by atoms with Gasteiger partial charge in [0.2, 0.25) is 11.8 Å². The minimum absolute atomic E-state index is 0.0125. The van der Waals surface area contributed by atoms with Crippen LogP contribution in [0.3, 0.4) is 0 Å². The Balaban J connectivity index is 0.995. The molecule has 2 N–H and O–H groups in total. The van der Waals surface area contributed by atoms with Gasteiger partial charge < -0.3 is 30.1 Å². The summed E-state index contributed by atoms with van der Waals surface area (Å²) in [4.78, 5) is 49.2. The number of fused-ring (bicyclic) bond motifs is 2. The number of hydrogen-bond donors (Lipinski definition) is 2. The molecule has 1 aliphatic carbocycles. The van der Waals surface area contributed by atoms with Crippen molar-refractivity contribution in [1.82, 2.24) is 19.6 Å².